The highest BCUT2D eigenvalue weighted by Gasteiger charge is 2.67. The number of hydrogen-bond acceptors (Lipinski definition) is 1. The molecular weight excluding hydrogens is 1020 g/mol. The molecular formula is C84H107O. The first-order chi connectivity index (χ1) is 41.4. The Morgan fingerprint density at radius 1 is 0.247 bits per heavy atom. The van der Waals surface area contributed by atoms with Gasteiger partial charge in [0, 0.05) is 22.0 Å². The molecule has 449 valence electrons. The minimum absolute atomic E-state index is 0.175. The molecule has 0 spiro atoms. The fraction of sp³-hybridized carbons (Fsp3) is 0.833. The molecule has 28 aliphatic rings. The summed E-state index contributed by atoms with van der Waals surface area (Å²) in [4.78, 5) is 0. The van der Waals surface area contributed by atoms with Crippen LogP contribution in [-0.2, 0) is 37.9 Å². The van der Waals surface area contributed by atoms with Gasteiger partial charge in [-0.2, -0.15) is 0 Å². The molecule has 28 bridgehead atoms. The lowest BCUT2D eigenvalue weighted by Crippen LogP contribution is -2.57. The van der Waals surface area contributed by atoms with E-state index in [1.54, 1.807) is 19.3 Å². The summed E-state index contributed by atoms with van der Waals surface area (Å²) in [6.45, 7) is 0. The first kappa shape index (κ1) is 50.4. The number of benzene rings is 2. The molecule has 85 heavy (non-hydrogen) atoms. The zero-order chi connectivity index (χ0) is 54.9. The average molecular weight is 1130 g/mol. The van der Waals surface area contributed by atoms with Crippen molar-refractivity contribution < 1.29 is 4.74 Å². The van der Waals surface area contributed by atoms with Crippen molar-refractivity contribution in [3.05, 3.63) is 63.1 Å². The smallest absolute Gasteiger partial charge is 0.147 e. The summed E-state index contributed by atoms with van der Waals surface area (Å²) in [7, 11) is 0. The van der Waals surface area contributed by atoms with Gasteiger partial charge in [-0.15, -0.1) is 0 Å². The third kappa shape index (κ3) is 6.85. The van der Waals surface area contributed by atoms with Crippen molar-refractivity contribution in [3.8, 4) is 17.4 Å². The second-order valence-corrected chi connectivity index (χ2v) is 40.7. The summed E-state index contributed by atoms with van der Waals surface area (Å²) >= 11 is 0. The molecule has 0 amide bonds. The van der Waals surface area contributed by atoms with Crippen molar-refractivity contribution in [3.63, 3.8) is 0 Å². The highest BCUT2D eigenvalue weighted by molar-refractivity contribution is 5.72. The van der Waals surface area contributed by atoms with Gasteiger partial charge in [-0.1, -0.05) is 6.07 Å². The average Bonchev–Trinajstić information content (AvgIpc) is 0.856. The van der Waals surface area contributed by atoms with Crippen molar-refractivity contribution >= 4 is 0 Å². The van der Waals surface area contributed by atoms with Gasteiger partial charge in [0.2, 0.25) is 0 Å². The van der Waals surface area contributed by atoms with Crippen molar-refractivity contribution in [1.29, 1.82) is 0 Å². The molecule has 2 aromatic rings. The van der Waals surface area contributed by atoms with Crippen LogP contribution in [0, 0.1) is 137 Å². The van der Waals surface area contributed by atoms with Crippen LogP contribution in [0.3, 0.4) is 0 Å². The standard InChI is InChI=1S/C84H107O/c1-2-68-71(79-29-50-8-51(30-79)10-52(9-50)31-79)74(82-38-59-17-60(39-82)19-61(18-59)40-82)75(83-41-62-20-63(42-83)22-64(21-62)43-83)76(84-44-65-23-66(45-84)25-67(24-65)46-84)77(68)85-70-4-3-69(78-26-47-5-48(27-78)7-49(6-47)28-78)72(80-32-53-11-54(33-80)13-55(12-53)34-80)73(70)81-35-56-14-57(36-81)16-58(15-56)37-81/h3-4,47-67H,5-46H2. The highest BCUT2D eigenvalue weighted by atomic mass is 16.5. The van der Waals surface area contributed by atoms with Crippen LogP contribution in [0.15, 0.2) is 12.1 Å². The summed E-state index contributed by atoms with van der Waals surface area (Å²) in [5.74, 6) is 25.9. The van der Waals surface area contributed by atoms with E-state index in [1.165, 1.54) is 267 Å². The van der Waals surface area contributed by atoms with Crippen molar-refractivity contribution in [1.82, 2.24) is 0 Å². The van der Waals surface area contributed by atoms with Crippen LogP contribution in [0.4, 0.5) is 0 Å². The van der Waals surface area contributed by atoms with Gasteiger partial charge in [-0.3, -0.25) is 0 Å². The molecule has 0 saturated heterocycles. The molecule has 1 nitrogen and oxygen atoms in total. The van der Waals surface area contributed by atoms with Crippen LogP contribution >= 0.6 is 0 Å². The normalized spacial score (nSPS) is 56.8. The fourth-order valence-electron chi connectivity index (χ4n) is 36.3. The van der Waals surface area contributed by atoms with Crippen LogP contribution in [0.1, 0.15) is 314 Å². The molecule has 28 saturated carbocycles. The van der Waals surface area contributed by atoms with Crippen molar-refractivity contribution in [2.24, 2.45) is 124 Å². The Balaban J connectivity index is 0.850. The topological polar surface area (TPSA) is 9.23 Å². The van der Waals surface area contributed by atoms with Gasteiger partial charge in [0.15, 0.2) is 0 Å². The lowest BCUT2D eigenvalue weighted by Gasteiger charge is -2.65. The lowest BCUT2D eigenvalue weighted by atomic mass is 9.39. The number of ether oxygens (including phenoxy) is 1. The van der Waals surface area contributed by atoms with Gasteiger partial charge in [0.1, 0.15) is 11.5 Å². The van der Waals surface area contributed by atoms with Gasteiger partial charge in [0.05, 0.1) is 5.56 Å². The quantitative estimate of drug-likeness (QED) is 0.227. The van der Waals surface area contributed by atoms with Crippen molar-refractivity contribution in [2.75, 3.05) is 0 Å². The van der Waals surface area contributed by atoms with E-state index in [-0.39, 0.29) is 27.1 Å². The lowest BCUT2D eigenvalue weighted by molar-refractivity contribution is -0.0295. The van der Waals surface area contributed by atoms with E-state index < -0.39 is 0 Å². The van der Waals surface area contributed by atoms with E-state index in [9.17, 15) is 11.2 Å². The van der Waals surface area contributed by atoms with Crippen LogP contribution in [0.25, 0.3) is 0 Å². The molecule has 30 rings (SSSR count). The molecule has 0 heterocycles. The van der Waals surface area contributed by atoms with E-state index in [1.807, 2.05) is 27.8 Å². The Hall–Kier alpha value is -2.20. The van der Waals surface area contributed by atoms with Crippen LogP contribution in [-0.4, -0.2) is 0 Å². The Kier molecular flexibility index (Phi) is 9.91. The minimum Gasteiger partial charge on any atom is -0.455 e. The van der Waals surface area contributed by atoms with E-state index in [4.69, 9.17) is 0 Å². The molecule has 1 heteroatoms. The van der Waals surface area contributed by atoms with Gasteiger partial charge in [-0.25, -0.2) is 0 Å². The second kappa shape index (κ2) is 16.7. The van der Waals surface area contributed by atoms with Crippen LogP contribution in [0.2, 0.25) is 0 Å². The second-order valence-electron chi connectivity index (χ2n) is 40.7. The third-order valence-corrected chi connectivity index (χ3v) is 35.0. The van der Waals surface area contributed by atoms with Gasteiger partial charge in [0.25, 0.3) is 0 Å². The first-order valence-electron chi connectivity index (χ1n) is 39.0. The van der Waals surface area contributed by atoms with Gasteiger partial charge < -0.3 is 4.74 Å². The van der Waals surface area contributed by atoms with Crippen LogP contribution in [0.5, 0.6) is 11.5 Å². The maximum absolute atomic E-state index is 10.7. The summed E-state index contributed by atoms with van der Waals surface area (Å²) < 4.78 is 9.32. The SMILES string of the molecule is [C]#Cc1c(Oc2ccc(C34CC5CC(CC(C5)C3)C4)c(C34CC5CC(CC(C5)C3)C4)c2C23CC4CC(CC(C4)C2)C3)c(C23CC4CC(CC(C4)C2)C3)c(C23CC4CC(CC(C4)C2)C3)c(C23CC4CC(CC(C4)C2)C3)c1C12CC3CC(CC(C3)C1)C2. The summed E-state index contributed by atoms with van der Waals surface area (Å²) in [6.07, 6.45) is 73.5. The molecule has 0 unspecified atom stereocenters. The van der Waals surface area contributed by atoms with Crippen LogP contribution < -0.4 is 4.74 Å². The zero-order valence-corrected chi connectivity index (χ0v) is 52.9. The number of hydrogen-bond donors (Lipinski definition) is 0. The van der Waals surface area contributed by atoms with Gasteiger partial charge in [-0.05, 0) is 467 Å². The molecule has 28 aliphatic carbocycles. The summed E-state index contributed by atoms with van der Waals surface area (Å²) in [6, 6.07) is 5.81. The summed E-state index contributed by atoms with van der Waals surface area (Å²) in [5, 5.41) is 0. The number of rotatable bonds is 9. The van der Waals surface area contributed by atoms with E-state index in [0.29, 0.717) is 10.8 Å². The molecule has 28 fully saturated rings. The Bertz CT molecular complexity index is 3020. The predicted molar refractivity (Wildman–Crippen MR) is 338 cm³/mol. The maximum atomic E-state index is 10.7. The molecule has 0 aromatic heterocycles. The molecule has 1 radical (unpaired) electrons. The predicted octanol–water partition coefficient (Wildman–Crippen LogP) is 20.7. The van der Waals surface area contributed by atoms with E-state index in [2.05, 4.69) is 29.2 Å². The first-order valence-corrected chi connectivity index (χ1v) is 39.0. The summed E-state index contributed by atoms with van der Waals surface area (Å²) in [5.41, 5.74) is 16.9. The highest BCUT2D eigenvalue weighted by Crippen LogP contribution is 2.76. The Labute approximate surface area is 514 Å². The van der Waals surface area contributed by atoms with Crippen molar-refractivity contribution in [2.45, 2.75) is 308 Å². The molecule has 2 aromatic carbocycles. The maximum Gasteiger partial charge on any atom is 0.147 e. The monoisotopic (exact) mass is 1130 g/mol. The molecule has 0 atom stereocenters. The third-order valence-electron chi connectivity index (χ3n) is 35.0. The zero-order valence-electron chi connectivity index (χ0n) is 52.9. The molecule has 0 N–H and O–H groups in total. The fourth-order valence-corrected chi connectivity index (χ4v) is 36.3. The Morgan fingerprint density at radius 3 is 0.729 bits per heavy atom. The largest absolute Gasteiger partial charge is 0.455 e. The van der Waals surface area contributed by atoms with E-state index in [0.717, 1.165) is 124 Å². The minimum atomic E-state index is 0.175. The molecule has 0 aliphatic heterocycles. The van der Waals surface area contributed by atoms with E-state index >= 15 is 0 Å². The Morgan fingerprint density at radius 2 is 0.459 bits per heavy atom. The van der Waals surface area contributed by atoms with Gasteiger partial charge >= 0.3 is 0 Å².